The molecule has 0 spiro atoms. The molecule has 0 fully saturated rings. The lowest BCUT2D eigenvalue weighted by Gasteiger charge is -2.16. The molecule has 1 aromatic rings. The van der Waals surface area contributed by atoms with Crippen molar-refractivity contribution in [2.75, 3.05) is 27.2 Å². The summed E-state index contributed by atoms with van der Waals surface area (Å²) in [6.45, 7) is 5.29. The van der Waals surface area contributed by atoms with Crippen LogP contribution in [0, 0.1) is 0 Å². The molecule has 0 amide bonds. The molecule has 15 heavy (non-hydrogen) atoms. The summed E-state index contributed by atoms with van der Waals surface area (Å²) in [5.74, 6) is 0. The second-order valence-corrected chi connectivity index (χ2v) is 4.22. The average Bonchev–Trinajstić information content (AvgIpc) is 2.67. The fraction of sp³-hybridized carbons (Fsp3) is 0.727. The molecule has 0 aliphatic rings. The van der Waals surface area contributed by atoms with Gasteiger partial charge in [0.1, 0.15) is 0 Å². The summed E-state index contributed by atoms with van der Waals surface area (Å²) >= 11 is 0. The van der Waals surface area contributed by atoms with Crippen LogP contribution in [0.1, 0.15) is 13.3 Å². The molecule has 86 valence electrons. The Balaban J connectivity index is 2.04. The molecule has 0 radical (unpaired) electrons. The van der Waals surface area contributed by atoms with Crippen LogP contribution < -0.4 is 5.32 Å². The van der Waals surface area contributed by atoms with Crippen molar-refractivity contribution in [1.29, 1.82) is 0 Å². The van der Waals surface area contributed by atoms with Gasteiger partial charge in [-0.25, -0.2) is 0 Å². The van der Waals surface area contributed by atoms with Crippen molar-refractivity contribution in [3.05, 3.63) is 18.5 Å². The minimum absolute atomic E-state index is 0.572. The lowest BCUT2D eigenvalue weighted by Crippen LogP contribution is -2.32. The van der Waals surface area contributed by atoms with Gasteiger partial charge in [-0.15, -0.1) is 0 Å². The van der Waals surface area contributed by atoms with Crippen molar-refractivity contribution < 1.29 is 0 Å². The van der Waals surface area contributed by atoms with Crippen LogP contribution >= 0.6 is 0 Å². The Bertz CT molecular complexity index is 243. The third-order valence-corrected chi connectivity index (χ3v) is 2.40. The van der Waals surface area contributed by atoms with Gasteiger partial charge in [0, 0.05) is 25.0 Å². The van der Waals surface area contributed by atoms with E-state index < -0.39 is 0 Å². The lowest BCUT2D eigenvalue weighted by molar-refractivity contribution is 0.363. The van der Waals surface area contributed by atoms with E-state index in [9.17, 15) is 0 Å². The molecule has 1 rings (SSSR count). The molecule has 1 atom stereocenters. The van der Waals surface area contributed by atoms with Gasteiger partial charge >= 0.3 is 0 Å². The fourth-order valence-electron chi connectivity index (χ4n) is 1.41. The first-order chi connectivity index (χ1) is 7.18. The van der Waals surface area contributed by atoms with Gasteiger partial charge in [-0.3, -0.25) is 4.68 Å². The molecule has 1 N–H and O–H groups in total. The highest BCUT2D eigenvalue weighted by Gasteiger charge is 2.01. The Morgan fingerprint density at radius 3 is 2.87 bits per heavy atom. The van der Waals surface area contributed by atoms with Crippen LogP contribution in [0.4, 0.5) is 0 Å². The topological polar surface area (TPSA) is 33.1 Å². The molecule has 4 heteroatoms. The Hall–Kier alpha value is -0.870. The van der Waals surface area contributed by atoms with E-state index in [1.165, 1.54) is 6.42 Å². The summed E-state index contributed by atoms with van der Waals surface area (Å²) in [5, 5.41) is 7.64. The highest BCUT2D eigenvalue weighted by Crippen LogP contribution is 1.92. The third kappa shape index (κ3) is 5.54. The first kappa shape index (κ1) is 12.2. The fourth-order valence-corrected chi connectivity index (χ4v) is 1.41. The van der Waals surface area contributed by atoms with Crippen LogP contribution in [0.3, 0.4) is 0 Å². The van der Waals surface area contributed by atoms with Gasteiger partial charge < -0.3 is 10.2 Å². The molecule has 0 aromatic carbocycles. The normalized spacial score (nSPS) is 13.3. The van der Waals surface area contributed by atoms with Crippen LogP contribution in [0.15, 0.2) is 18.5 Å². The number of hydrogen-bond acceptors (Lipinski definition) is 3. The van der Waals surface area contributed by atoms with E-state index >= 15 is 0 Å². The predicted molar refractivity (Wildman–Crippen MR) is 62.9 cm³/mol. The van der Waals surface area contributed by atoms with Crippen LogP contribution in [0.5, 0.6) is 0 Å². The Kier molecular flexibility index (Phi) is 5.36. The maximum Gasteiger partial charge on any atom is 0.0534 e. The first-order valence-electron chi connectivity index (χ1n) is 5.54. The summed E-state index contributed by atoms with van der Waals surface area (Å²) in [5.41, 5.74) is 0. The van der Waals surface area contributed by atoms with Crippen molar-refractivity contribution in [1.82, 2.24) is 20.0 Å². The SMILES string of the molecule is CC(CCN(C)C)NCCn1cccn1. The summed E-state index contributed by atoms with van der Waals surface area (Å²) in [6, 6.07) is 2.53. The molecular weight excluding hydrogens is 188 g/mol. The molecule has 0 saturated carbocycles. The first-order valence-corrected chi connectivity index (χ1v) is 5.54. The molecule has 1 unspecified atom stereocenters. The van der Waals surface area contributed by atoms with Gasteiger partial charge in [-0.1, -0.05) is 0 Å². The van der Waals surface area contributed by atoms with E-state index in [0.29, 0.717) is 6.04 Å². The van der Waals surface area contributed by atoms with Crippen LogP contribution in [-0.4, -0.2) is 47.9 Å². The second-order valence-electron chi connectivity index (χ2n) is 4.22. The number of aromatic nitrogens is 2. The minimum atomic E-state index is 0.572. The van der Waals surface area contributed by atoms with Crippen molar-refractivity contribution in [3.8, 4) is 0 Å². The molecule has 0 aliphatic carbocycles. The smallest absolute Gasteiger partial charge is 0.0534 e. The maximum absolute atomic E-state index is 4.16. The van der Waals surface area contributed by atoms with Gasteiger partial charge in [0.2, 0.25) is 0 Å². The van der Waals surface area contributed by atoms with E-state index in [4.69, 9.17) is 0 Å². The Morgan fingerprint density at radius 1 is 1.47 bits per heavy atom. The largest absolute Gasteiger partial charge is 0.312 e. The van der Waals surface area contributed by atoms with Crippen LogP contribution in [0.2, 0.25) is 0 Å². The molecule has 0 aliphatic heterocycles. The van der Waals surface area contributed by atoms with Gasteiger partial charge in [-0.2, -0.15) is 5.10 Å². The summed E-state index contributed by atoms with van der Waals surface area (Å²) in [4.78, 5) is 2.21. The molecule has 4 nitrogen and oxygen atoms in total. The zero-order valence-corrected chi connectivity index (χ0v) is 9.98. The highest BCUT2D eigenvalue weighted by atomic mass is 15.3. The summed E-state index contributed by atoms with van der Waals surface area (Å²) < 4.78 is 1.95. The van der Waals surface area contributed by atoms with Crippen LogP contribution in [-0.2, 0) is 6.54 Å². The minimum Gasteiger partial charge on any atom is -0.312 e. The van der Waals surface area contributed by atoms with Crippen molar-refractivity contribution >= 4 is 0 Å². The van der Waals surface area contributed by atoms with Crippen molar-refractivity contribution in [2.45, 2.75) is 25.9 Å². The molecule has 0 saturated heterocycles. The number of nitrogens with one attached hydrogen (secondary N) is 1. The van der Waals surface area contributed by atoms with Gasteiger partial charge in [0.05, 0.1) is 6.54 Å². The Labute approximate surface area is 92.3 Å². The maximum atomic E-state index is 4.16. The molecule has 1 heterocycles. The van der Waals surface area contributed by atoms with Gasteiger partial charge in [-0.05, 0) is 40.1 Å². The number of rotatable bonds is 7. The monoisotopic (exact) mass is 210 g/mol. The van der Waals surface area contributed by atoms with E-state index in [1.807, 2.05) is 23.1 Å². The molecule has 0 bridgehead atoms. The predicted octanol–water partition coefficient (Wildman–Crippen LogP) is 0.813. The zero-order valence-electron chi connectivity index (χ0n) is 9.98. The number of nitrogens with zero attached hydrogens (tertiary/aromatic N) is 3. The van der Waals surface area contributed by atoms with Gasteiger partial charge in [0.15, 0.2) is 0 Å². The molecular formula is C11H22N4. The average molecular weight is 210 g/mol. The van der Waals surface area contributed by atoms with E-state index in [0.717, 1.165) is 19.6 Å². The Morgan fingerprint density at radius 2 is 2.27 bits per heavy atom. The van der Waals surface area contributed by atoms with E-state index in [2.05, 4.69) is 36.3 Å². The lowest BCUT2D eigenvalue weighted by atomic mass is 10.2. The van der Waals surface area contributed by atoms with E-state index in [-0.39, 0.29) is 0 Å². The van der Waals surface area contributed by atoms with Crippen molar-refractivity contribution in [2.24, 2.45) is 0 Å². The standard InChI is InChI=1S/C11H22N4/c1-11(5-9-14(2)3)12-7-10-15-8-4-6-13-15/h4,6,8,11-12H,5,7,9-10H2,1-3H3. The summed E-state index contributed by atoms with van der Waals surface area (Å²) in [7, 11) is 4.22. The van der Waals surface area contributed by atoms with Crippen LogP contribution in [0.25, 0.3) is 0 Å². The number of hydrogen-bond donors (Lipinski definition) is 1. The molecule has 1 aromatic heterocycles. The van der Waals surface area contributed by atoms with Crippen molar-refractivity contribution in [3.63, 3.8) is 0 Å². The van der Waals surface area contributed by atoms with E-state index in [1.54, 1.807) is 0 Å². The quantitative estimate of drug-likeness (QED) is 0.723. The zero-order chi connectivity index (χ0) is 11.1. The highest BCUT2D eigenvalue weighted by molar-refractivity contribution is 4.77. The third-order valence-electron chi connectivity index (χ3n) is 2.40. The summed E-state index contributed by atoms with van der Waals surface area (Å²) in [6.07, 6.45) is 4.99. The van der Waals surface area contributed by atoms with Gasteiger partial charge in [0.25, 0.3) is 0 Å². The second kappa shape index (κ2) is 6.58.